The second-order valence-corrected chi connectivity index (χ2v) is 7.55. The van der Waals surface area contributed by atoms with Gasteiger partial charge in [0.2, 0.25) is 11.8 Å². The normalized spacial score (nSPS) is 10.6. The predicted octanol–water partition coefficient (Wildman–Crippen LogP) is 4.70. The number of hydrazone groups is 1. The van der Waals surface area contributed by atoms with Gasteiger partial charge in [0, 0.05) is 35.2 Å². The van der Waals surface area contributed by atoms with E-state index in [1.54, 1.807) is 30.3 Å². The molecule has 0 aromatic heterocycles. The van der Waals surface area contributed by atoms with Crippen molar-refractivity contribution in [3.63, 3.8) is 0 Å². The lowest BCUT2D eigenvalue weighted by atomic mass is 10.2. The highest BCUT2D eigenvalue weighted by Crippen LogP contribution is 2.28. The van der Waals surface area contributed by atoms with Crippen molar-refractivity contribution in [1.82, 2.24) is 5.43 Å². The molecule has 2 N–H and O–H groups in total. The van der Waals surface area contributed by atoms with E-state index in [2.05, 4.69) is 15.8 Å². The number of halogens is 1. The molecule has 9 nitrogen and oxygen atoms in total. The van der Waals surface area contributed by atoms with Crippen LogP contribution in [0.3, 0.4) is 0 Å². The number of anilines is 1. The molecule has 174 valence electrons. The van der Waals surface area contributed by atoms with E-state index in [0.29, 0.717) is 16.3 Å². The van der Waals surface area contributed by atoms with Crippen LogP contribution in [0, 0.1) is 10.1 Å². The highest BCUT2D eigenvalue weighted by atomic mass is 35.5. The van der Waals surface area contributed by atoms with E-state index in [9.17, 15) is 19.7 Å². The fraction of sp³-hybridized carbons (Fsp3) is 0.125. The van der Waals surface area contributed by atoms with Gasteiger partial charge in [-0.3, -0.25) is 19.7 Å². The van der Waals surface area contributed by atoms with Crippen LogP contribution in [-0.4, -0.2) is 23.0 Å². The highest BCUT2D eigenvalue weighted by molar-refractivity contribution is 6.30. The Morgan fingerprint density at radius 2 is 1.76 bits per heavy atom. The maximum absolute atomic E-state index is 12.0. The number of hydrogen-bond donors (Lipinski definition) is 2. The molecule has 3 rings (SSSR count). The molecule has 3 aromatic rings. The van der Waals surface area contributed by atoms with Gasteiger partial charge in [-0.05, 0) is 35.9 Å². The average molecular weight is 481 g/mol. The third-order valence-electron chi connectivity index (χ3n) is 4.51. The lowest BCUT2D eigenvalue weighted by Crippen LogP contribution is -2.20. The first kappa shape index (κ1) is 24.4. The predicted molar refractivity (Wildman–Crippen MR) is 129 cm³/mol. The number of nitrogens with zero attached hydrogens (tertiary/aromatic N) is 2. The largest absolute Gasteiger partial charge is 0.482 e. The number of carbonyl (C=O) groups excluding carboxylic acids is 2. The van der Waals surface area contributed by atoms with E-state index >= 15 is 0 Å². The van der Waals surface area contributed by atoms with Crippen LogP contribution in [0.5, 0.6) is 5.75 Å². The van der Waals surface area contributed by atoms with E-state index in [1.165, 1.54) is 18.3 Å². The lowest BCUT2D eigenvalue weighted by Gasteiger charge is -2.07. The zero-order valence-electron chi connectivity index (χ0n) is 17.9. The highest BCUT2D eigenvalue weighted by Gasteiger charge is 2.16. The Morgan fingerprint density at radius 1 is 1.00 bits per heavy atom. The summed E-state index contributed by atoms with van der Waals surface area (Å²) in [4.78, 5) is 34.8. The van der Waals surface area contributed by atoms with Gasteiger partial charge >= 0.3 is 5.69 Å². The molecule has 0 saturated carbocycles. The molecule has 0 aliphatic heterocycles. The van der Waals surface area contributed by atoms with Crippen LogP contribution in [0.4, 0.5) is 11.4 Å². The molecule has 0 aliphatic carbocycles. The molecule has 0 heterocycles. The Balaban J connectivity index is 1.50. The summed E-state index contributed by atoms with van der Waals surface area (Å²) in [5, 5.41) is 18.4. The molecule has 2 amide bonds. The zero-order valence-corrected chi connectivity index (χ0v) is 18.7. The summed E-state index contributed by atoms with van der Waals surface area (Å²) < 4.78 is 5.58. The molecule has 10 heteroatoms. The van der Waals surface area contributed by atoms with E-state index in [4.69, 9.17) is 16.3 Å². The third-order valence-corrected chi connectivity index (χ3v) is 4.74. The van der Waals surface area contributed by atoms with E-state index in [-0.39, 0.29) is 36.8 Å². The molecule has 0 spiro atoms. The van der Waals surface area contributed by atoms with Crippen LogP contribution in [0.25, 0.3) is 0 Å². The molecule has 0 bridgehead atoms. The van der Waals surface area contributed by atoms with Crippen molar-refractivity contribution in [1.29, 1.82) is 0 Å². The van der Waals surface area contributed by atoms with Crippen molar-refractivity contribution in [3.05, 3.63) is 99.1 Å². The number of nitrogens with one attached hydrogen (secondary N) is 2. The SMILES string of the molecule is O=C(CCC(=O)Nc1cccc(Cl)c1)NN=Cc1ccc(OCc2ccccc2)c([N+](=O)[O-])c1. The molecular formula is C24H21ClN4O5. The third kappa shape index (κ3) is 7.72. The van der Waals surface area contributed by atoms with Gasteiger partial charge in [0.1, 0.15) is 6.61 Å². The van der Waals surface area contributed by atoms with Crippen LogP contribution >= 0.6 is 11.6 Å². The fourth-order valence-corrected chi connectivity index (χ4v) is 3.06. The molecule has 0 unspecified atom stereocenters. The van der Waals surface area contributed by atoms with Crippen LogP contribution in [0.2, 0.25) is 5.02 Å². The van der Waals surface area contributed by atoms with Gasteiger partial charge in [0.25, 0.3) is 0 Å². The quantitative estimate of drug-likeness (QED) is 0.247. The molecule has 0 aliphatic rings. The Hall–Kier alpha value is -4.24. The number of hydrogen-bond acceptors (Lipinski definition) is 6. The minimum Gasteiger partial charge on any atom is -0.482 e. The van der Waals surface area contributed by atoms with Gasteiger partial charge in [-0.25, -0.2) is 5.43 Å². The molecule has 34 heavy (non-hydrogen) atoms. The maximum Gasteiger partial charge on any atom is 0.311 e. The fourth-order valence-electron chi connectivity index (χ4n) is 2.87. The van der Waals surface area contributed by atoms with Gasteiger partial charge in [-0.15, -0.1) is 0 Å². The van der Waals surface area contributed by atoms with Gasteiger partial charge < -0.3 is 10.1 Å². The summed E-state index contributed by atoms with van der Waals surface area (Å²) in [5.41, 5.74) is 3.90. The molecule has 0 saturated heterocycles. The summed E-state index contributed by atoms with van der Waals surface area (Å²) >= 11 is 5.86. The van der Waals surface area contributed by atoms with E-state index in [1.807, 2.05) is 30.3 Å². The van der Waals surface area contributed by atoms with E-state index in [0.717, 1.165) is 5.56 Å². The van der Waals surface area contributed by atoms with Crippen LogP contribution < -0.4 is 15.5 Å². The summed E-state index contributed by atoms with van der Waals surface area (Å²) in [5.74, 6) is -0.696. The minimum atomic E-state index is -0.547. The van der Waals surface area contributed by atoms with Crippen LogP contribution in [0.1, 0.15) is 24.0 Å². The monoisotopic (exact) mass is 480 g/mol. The number of nitro benzene ring substituents is 1. The van der Waals surface area contributed by atoms with Crippen LogP contribution in [-0.2, 0) is 16.2 Å². The Bertz CT molecular complexity index is 1200. The second kappa shape index (κ2) is 12.1. The summed E-state index contributed by atoms with van der Waals surface area (Å²) in [6.07, 6.45) is 1.14. The van der Waals surface area contributed by atoms with Gasteiger partial charge in [-0.1, -0.05) is 48.0 Å². The topological polar surface area (TPSA) is 123 Å². The molecular weight excluding hydrogens is 460 g/mol. The molecule has 0 atom stereocenters. The van der Waals surface area contributed by atoms with Crippen molar-refractivity contribution in [2.45, 2.75) is 19.4 Å². The number of rotatable bonds is 10. The molecule has 3 aromatic carbocycles. The summed E-state index contributed by atoms with van der Waals surface area (Å²) in [6.45, 7) is 0.191. The average Bonchev–Trinajstić information content (AvgIpc) is 2.82. The Labute approximate surface area is 200 Å². The van der Waals surface area contributed by atoms with E-state index < -0.39 is 10.8 Å². The Morgan fingerprint density at radius 3 is 2.50 bits per heavy atom. The number of benzene rings is 3. The molecule has 0 radical (unpaired) electrons. The summed E-state index contributed by atoms with van der Waals surface area (Å²) in [7, 11) is 0. The zero-order chi connectivity index (χ0) is 24.3. The van der Waals surface area contributed by atoms with Crippen molar-refractivity contribution in [2.24, 2.45) is 5.10 Å². The standard InChI is InChI=1S/C24H21ClN4O5/c25-19-7-4-8-20(14-19)27-23(30)11-12-24(31)28-26-15-18-9-10-22(21(13-18)29(32)33)34-16-17-5-2-1-3-6-17/h1-10,13-15H,11-12,16H2,(H,27,30)(H,28,31). The van der Waals surface area contributed by atoms with Gasteiger partial charge in [0.05, 0.1) is 11.1 Å². The first-order valence-corrected chi connectivity index (χ1v) is 10.6. The molecule has 0 fully saturated rings. The minimum absolute atomic E-state index is 0.0488. The first-order valence-electron chi connectivity index (χ1n) is 10.2. The van der Waals surface area contributed by atoms with Crippen molar-refractivity contribution >= 4 is 41.0 Å². The first-order chi connectivity index (χ1) is 16.4. The van der Waals surface area contributed by atoms with Crippen molar-refractivity contribution < 1.29 is 19.2 Å². The van der Waals surface area contributed by atoms with Crippen molar-refractivity contribution in [3.8, 4) is 5.75 Å². The maximum atomic E-state index is 12.0. The number of ether oxygens (including phenoxy) is 1. The lowest BCUT2D eigenvalue weighted by molar-refractivity contribution is -0.385. The van der Waals surface area contributed by atoms with Gasteiger partial charge in [-0.2, -0.15) is 5.10 Å². The van der Waals surface area contributed by atoms with Crippen molar-refractivity contribution in [2.75, 3.05) is 5.32 Å². The number of carbonyl (C=O) groups is 2. The number of nitro groups is 1. The smallest absolute Gasteiger partial charge is 0.311 e. The van der Waals surface area contributed by atoms with Crippen LogP contribution in [0.15, 0.2) is 77.9 Å². The number of amides is 2. The second-order valence-electron chi connectivity index (χ2n) is 7.11. The Kier molecular flexibility index (Phi) is 8.70. The summed E-state index contributed by atoms with van der Waals surface area (Å²) in [6, 6.07) is 20.3. The van der Waals surface area contributed by atoms with Gasteiger partial charge in [0.15, 0.2) is 5.75 Å².